The smallest absolute Gasteiger partial charge is 0.158 e. The van der Waals surface area contributed by atoms with E-state index in [0.717, 1.165) is 21.9 Å². The van der Waals surface area contributed by atoms with Crippen LogP contribution in [0.15, 0.2) is 0 Å². The minimum absolute atomic E-state index is 0.402. The van der Waals surface area contributed by atoms with Crippen LogP contribution in [0, 0.1) is 13.8 Å². The van der Waals surface area contributed by atoms with E-state index in [1.54, 1.807) is 11.3 Å². The van der Waals surface area contributed by atoms with Gasteiger partial charge >= 0.3 is 0 Å². The minimum Gasteiger partial charge on any atom is -0.372 e. The van der Waals surface area contributed by atoms with Crippen LogP contribution in [0.1, 0.15) is 41.9 Å². The monoisotopic (exact) mass is 291 g/mol. The van der Waals surface area contributed by atoms with Gasteiger partial charge in [-0.05, 0) is 32.3 Å². The highest BCUT2D eigenvalue weighted by atomic mass is 32.1. The second kappa shape index (κ2) is 5.66. The second-order valence-corrected chi connectivity index (χ2v) is 6.62. The molecule has 0 spiro atoms. The molecule has 0 amide bonds. The normalized spacial score (nSPS) is 16.1. The van der Waals surface area contributed by atoms with Crippen LogP contribution in [0.4, 0.5) is 5.82 Å². The molecule has 3 rings (SSSR count). The Morgan fingerprint density at radius 3 is 2.70 bits per heavy atom. The van der Waals surface area contributed by atoms with E-state index in [2.05, 4.69) is 29.1 Å². The number of fused-ring (bicyclic) bond motifs is 1. The molecule has 1 N–H and O–H groups in total. The molecule has 108 valence electrons. The lowest BCUT2D eigenvalue weighted by Crippen LogP contribution is -2.10. The van der Waals surface area contributed by atoms with Crippen LogP contribution >= 0.6 is 11.3 Å². The molecule has 1 saturated carbocycles. The Bertz CT molecular complexity index is 617. The molecule has 1 aliphatic rings. The van der Waals surface area contributed by atoms with Crippen LogP contribution in [-0.4, -0.2) is 23.1 Å². The predicted molar refractivity (Wildman–Crippen MR) is 83.5 cm³/mol. The molecule has 2 aromatic heterocycles. The third kappa shape index (κ3) is 2.52. The van der Waals surface area contributed by atoms with Crippen molar-refractivity contribution in [3.05, 3.63) is 16.3 Å². The van der Waals surface area contributed by atoms with Gasteiger partial charge in [0.15, 0.2) is 5.82 Å². The van der Waals surface area contributed by atoms with Gasteiger partial charge in [-0.1, -0.05) is 12.8 Å². The fraction of sp³-hybridized carbons (Fsp3) is 0.600. The number of nitrogens with zero attached hydrogens (tertiary/aromatic N) is 2. The van der Waals surface area contributed by atoms with E-state index in [4.69, 9.17) is 4.74 Å². The highest BCUT2D eigenvalue weighted by molar-refractivity contribution is 7.18. The summed E-state index contributed by atoms with van der Waals surface area (Å²) >= 11 is 1.73. The molecule has 1 fully saturated rings. The van der Waals surface area contributed by atoms with Gasteiger partial charge in [0.1, 0.15) is 17.3 Å². The molecule has 20 heavy (non-hydrogen) atoms. The standard InChI is InChI=1S/C15H21N3OS/c1-9-10(2)20-15-13(9)14(16-3)17-12(18-15)8-19-11-6-4-5-7-11/h11H,4-8H2,1-3H3,(H,16,17,18). The summed E-state index contributed by atoms with van der Waals surface area (Å²) in [6.07, 6.45) is 5.33. The maximum absolute atomic E-state index is 5.93. The molecule has 0 radical (unpaired) electrons. The number of hydrogen-bond acceptors (Lipinski definition) is 5. The van der Waals surface area contributed by atoms with E-state index < -0.39 is 0 Å². The first-order chi connectivity index (χ1) is 9.69. The van der Waals surface area contributed by atoms with Crippen molar-refractivity contribution in [3.8, 4) is 0 Å². The zero-order valence-corrected chi connectivity index (χ0v) is 13.1. The Morgan fingerprint density at radius 2 is 2.00 bits per heavy atom. The highest BCUT2D eigenvalue weighted by Gasteiger charge is 2.17. The summed E-state index contributed by atoms with van der Waals surface area (Å²) in [4.78, 5) is 11.6. The third-order valence-electron chi connectivity index (χ3n) is 4.06. The van der Waals surface area contributed by atoms with E-state index in [0.29, 0.717) is 12.7 Å². The summed E-state index contributed by atoms with van der Waals surface area (Å²) in [5.74, 6) is 1.71. The third-order valence-corrected chi connectivity index (χ3v) is 5.16. The molecule has 2 aromatic rings. The number of nitrogens with one attached hydrogen (secondary N) is 1. The van der Waals surface area contributed by atoms with Crippen LogP contribution in [-0.2, 0) is 11.3 Å². The van der Waals surface area contributed by atoms with Crippen LogP contribution < -0.4 is 5.32 Å². The molecule has 0 bridgehead atoms. The zero-order chi connectivity index (χ0) is 14.1. The van der Waals surface area contributed by atoms with Crippen molar-refractivity contribution < 1.29 is 4.74 Å². The number of aryl methyl sites for hydroxylation is 2. The van der Waals surface area contributed by atoms with E-state index in [9.17, 15) is 0 Å². The van der Waals surface area contributed by atoms with Crippen molar-refractivity contribution in [3.63, 3.8) is 0 Å². The molecule has 0 atom stereocenters. The predicted octanol–water partition coefficient (Wildman–Crippen LogP) is 3.81. The molecular weight excluding hydrogens is 270 g/mol. The summed E-state index contributed by atoms with van der Waals surface area (Å²) in [5.41, 5.74) is 1.28. The van der Waals surface area contributed by atoms with Crippen molar-refractivity contribution in [2.24, 2.45) is 0 Å². The zero-order valence-electron chi connectivity index (χ0n) is 12.3. The van der Waals surface area contributed by atoms with E-state index in [1.807, 2.05) is 7.05 Å². The van der Waals surface area contributed by atoms with Crippen molar-refractivity contribution in [1.29, 1.82) is 0 Å². The topological polar surface area (TPSA) is 47.0 Å². The van der Waals surface area contributed by atoms with Crippen molar-refractivity contribution >= 4 is 27.4 Å². The van der Waals surface area contributed by atoms with Gasteiger partial charge in [-0.3, -0.25) is 0 Å². The first-order valence-corrected chi connectivity index (χ1v) is 8.06. The number of anilines is 1. The number of rotatable bonds is 4. The first-order valence-electron chi connectivity index (χ1n) is 7.25. The molecule has 0 unspecified atom stereocenters. The summed E-state index contributed by atoms with van der Waals surface area (Å²) in [5, 5.41) is 4.34. The summed E-state index contributed by atoms with van der Waals surface area (Å²) in [6, 6.07) is 0. The maximum Gasteiger partial charge on any atom is 0.158 e. The van der Waals surface area contributed by atoms with Crippen LogP contribution in [0.5, 0.6) is 0 Å². The summed E-state index contributed by atoms with van der Waals surface area (Å²) in [7, 11) is 1.91. The number of ether oxygens (including phenoxy) is 1. The Kier molecular flexibility index (Phi) is 3.89. The Balaban J connectivity index is 1.87. The molecular formula is C15H21N3OS. The summed E-state index contributed by atoms with van der Waals surface area (Å²) < 4.78 is 5.93. The second-order valence-electron chi connectivity index (χ2n) is 5.42. The Hall–Kier alpha value is -1.20. The van der Waals surface area contributed by atoms with Crippen molar-refractivity contribution in [1.82, 2.24) is 9.97 Å². The molecule has 4 nitrogen and oxygen atoms in total. The van der Waals surface area contributed by atoms with Gasteiger partial charge < -0.3 is 10.1 Å². The van der Waals surface area contributed by atoms with Crippen LogP contribution in [0.25, 0.3) is 10.2 Å². The maximum atomic E-state index is 5.93. The van der Waals surface area contributed by atoms with Gasteiger partial charge in [0.25, 0.3) is 0 Å². The Labute approximate surface area is 123 Å². The van der Waals surface area contributed by atoms with E-state index in [1.165, 1.54) is 36.1 Å². The molecule has 0 aliphatic heterocycles. The molecule has 1 aliphatic carbocycles. The van der Waals surface area contributed by atoms with Gasteiger partial charge in [-0.25, -0.2) is 9.97 Å². The quantitative estimate of drug-likeness (QED) is 0.930. The Morgan fingerprint density at radius 1 is 1.25 bits per heavy atom. The largest absolute Gasteiger partial charge is 0.372 e. The average molecular weight is 291 g/mol. The lowest BCUT2D eigenvalue weighted by Gasteiger charge is -2.11. The van der Waals surface area contributed by atoms with E-state index >= 15 is 0 Å². The fourth-order valence-corrected chi connectivity index (χ4v) is 3.83. The molecule has 0 saturated heterocycles. The van der Waals surface area contributed by atoms with Gasteiger partial charge in [0.05, 0.1) is 11.5 Å². The van der Waals surface area contributed by atoms with Gasteiger partial charge in [0.2, 0.25) is 0 Å². The van der Waals surface area contributed by atoms with Crippen molar-refractivity contribution in [2.75, 3.05) is 12.4 Å². The molecule has 0 aromatic carbocycles. The lowest BCUT2D eigenvalue weighted by molar-refractivity contribution is 0.0419. The highest BCUT2D eigenvalue weighted by Crippen LogP contribution is 2.33. The van der Waals surface area contributed by atoms with Crippen molar-refractivity contribution in [2.45, 2.75) is 52.2 Å². The molecule has 2 heterocycles. The van der Waals surface area contributed by atoms with Gasteiger partial charge in [0, 0.05) is 11.9 Å². The fourth-order valence-electron chi connectivity index (χ4n) is 2.79. The van der Waals surface area contributed by atoms with Crippen LogP contribution in [0.3, 0.4) is 0 Å². The average Bonchev–Trinajstić information content (AvgIpc) is 3.05. The number of thiophene rings is 1. The van der Waals surface area contributed by atoms with E-state index in [-0.39, 0.29) is 0 Å². The van der Waals surface area contributed by atoms with Crippen LogP contribution in [0.2, 0.25) is 0 Å². The SMILES string of the molecule is CNc1nc(COC2CCCC2)nc2sc(C)c(C)c12. The first kappa shape index (κ1) is 13.8. The lowest BCUT2D eigenvalue weighted by atomic mass is 10.2. The number of hydrogen-bond donors (Lipinski definition) is 1. The minimum atomic E-state index is 0.402. The van der Waals surface area contributed by atoms with Gasteiger partial charge in [-0.15, -0.1) is 11.3 Å². The summed E-state index contributed by atoms with van der Waals surface area (Å²) in [6.45, 7) is 4.79. The molecule has 5 heteroatoms. The van der Waals surface area contributed by atoms with Gasteiger partial charge in [-0.2, -0.15) is 0 Å². The number of aromatic nitrogens is 2.